The number of hydrogen-bond donors (Lipinski definition) is 2. The highest BCUT2D eigenvalue weighted by Gasteiger charge is 2.37. The van der Waals surface area contributed by atoms with Crippen LogP contribution in [0.1, 0.15) is 17.2 Å². The zero-order chi connectivity index (χ0) is 12.8. The Bertz CT molecular complexity index is 293. The molecule has 1 aromatic rings. The fraction of sp³-hybridized carbons (Fsp3) is 0.455. The van der Waals surface area contributed by atoms with Crippen molar-refractivity contribution in [2.45, 2.75) is 19.1 Å². The number of alkyl halides is 3. The second-order valence-electron chi connectivity index (χ2n) is 3.43. The summed E-state index contributed by atoms with van der Waals surface area (Å²) in [6, 6.07) is 4.14. The van der Waals surface area contributed by atoms with E-state index in [0.29, 0.717) is 0 Å². The maximum atomic E-state index is 12.1. The summed E-state index contributed by atoms with van der Waals surface area (Å²) in [5, 5.41) is 2.75. The Morgan fingerprint density at radius 2 is 1.50 bits per heavy atom. The Hall–Kier alpha value is -1.07. The summed E-state index contributed by atoms with van der Waals surface area (Å²) in [7, 11) is 3.75. The zero-order valence-electron chi connectivity index (χ0n) is 9.60. The molecule has 2 nitrogen and oxygen atoms in total. The molecule has 0 aliphatic rings. The van der Waals surface area contributed by atoms with E-state index in [4.69, 9.17) is 5.73 Å². The van der Waals surface area contributed by atoms with E-state index < -0.39 is 12.2 Å². The Morgan fingerprint density at radius 1 is 1.12 bits per heavy atom. The van der Waals surface area contributed by atoms with Crippen LogP contribution in [0, 0.1) is 6.92 Å². The van der Waals surface area contributed by atoms with Gasteiger partial charge in [0.1, 0.15) is 6.04 Å². The number of rotatable bonds is 1. The van der Waals surface area contributed by atoms with Crippen LogP contribution in [0.2, 0.25) is 0 Å². The van der Waals surface area contributed by atoms with E-state index in [1.165, 1.54) is 12.1 Å². The van der Waals surface area contributed by atoms with Gasteiger partial charge in [-0.2, -0.15) is 13.2 Å². The van der Waals surface area contributed by atoms with Crippen molar-refractivity contribution in [3.8, 4) is 0 Å². The van der Waals surface area contributed by atoms with E-state index in [1.54, 1.807) is 12.1 Å². The SMILES string of the molecule is CNC.Cc1ccc(C(N)C(F)(F)F)cc1. The molecule has 0 saturated heterocycles. The monoisotopic (exact) mass is 234 g/mol. The molecule has 5 heteroatoms. The van der Waals surface area contributed by atoms with Gasteiger partial charge in [0.2, 0.25) is 0 Å². The molecular weight excluding hydrogens is 217 g/mol. The molecule has 0 spiro atoms. The molecule has 0 aromatic heterocycles. The highest BCUT2D eigenvalue weighted by Crippen LogP contribution is 2.30. The van der Waals surface area contributed by atoms with Crippen LogP contribution in [0.3, 0.4) is 0 Å². The van der Waals surface area contributed by atoms with Crippen molar-refractivity contribution in [3.63, 3.8) is 0 Å². The second kappa shape index (κ2) is 6.50. The molecule has 0 aliphatic carbocycles. The van der Waals surface area contributed by atoms with Crippen molar-refractivity contribution in [1.29, 1.82) is 0 Å². The molecule has 16 heavy (non-hydrogen) atoms. The van der Waals surface area contributed by atoms with E-state index in [2.05, 4.69) is 5.32 Å². The predicted molar refractivity (Wildman–Crippen MR) is 59.1 cm³/mol. The molecule has 1 aromatic carbocycles. The first-order chi connectivity index (χ1) is 7.32. The minimum absolute atomic E-state index is 0.0955. The molecule has 1 atom stereocenters. The number of benzene rings is 1. The van der Waals surface area contributed by atoms with Gasteiger partial charge in [0, 0.05) is 0 Å². The summed E-state index contributed by atoms with van der Waals surface area (Å²) in [5.41, 5.74) is 6.01. The summed E-state index contributed by atoms with van der Waals surface area (Å²) in [4.78, 5) is 0. The highest BCUT2D eigenvalue weighted by atomic mass is 19.4. The Labute approximate surface area is 93.6 Å². The molecule has 3 N–H and O–H groups in total. The van der Waals surface area contributed by atoms with Crippen molar-refractivity contribution in [1.82, 2.24) is 5.32 Å². The van der Waals surface area contributed by atoms with Gasteiger partial charge in [-0.3, -0.25) is 0 Å². The molecule has 0 fully saturated rings. The van der Waals surface area contributed by atoms with Crippen LogP contribution in [0.4, 0.5) is 13.2 Å². The lowest BCUT2D eigenvalue weighted by atomic mass is 10.1. The van der Waals surface area contributed by atoms with Crippen LogP contribution < -0.4 is 11.1 Å². The first-order valence-corrected chi connectivity index (χ1v) is 4.80. The van der Waals surface area contributed by atoms with Gasteiger partial charge in [0.05, 0.1) is 0 Å². The third-order valence-electron chi connectivity index (χ3n) is 1.79. The number of aryl methyl sites for hydroxylation is 1. The van der Waals surface area contributed by atoms with Gasteiger partial charge in [0.25, 0.3) is 0 Å². The Kier molecular flexibility index (Phi) is 6.06. The second-order valence-corrected chi connectivity index (χ2v) is 3.43. The first-order valence-electron chi connectivity index (χ1n) is 4.80. The third kappa shape index (κ3) is 5.14. The third-order valence-corrected chi connectivity index (χ3v) is 1.79. The van der Waals surface area contributed by atoms with Crippen LogP contribution in [-0.4, -0.2) is 20.3 Å². The molecule has 92 valence electrons. The minimum atomic E-state index is -4.37. The lowest BCUT2D eigenvalue weighted by Gasteiger charge is -2.15. The van der Waals surface area contributed by atoms with Gasteiger partial charge in [-0.15, -0.1) is 0 Å². The van der Waals surface area contributed by atoms with E-state index in [1.807, 2.05) is 21.0 Å². The smallest absolute Gasteiger partial charge is 0.323 e. The maximum absolute atomic E-state index is 12.1. The topological polar surface area (TPSA) is 38.0 Å². The van der Waals surface area contributed by atoms with Crippen LogP contribution in [0.15, 0.2) is 24.3 Å². The van der Waals surface area contributed by atoms with Gasteiger partial charge < -0.3 is 11.1 Å². The summed E-state index contributed by atoms with van der Waals surface area (Å²) in [6.45, 7) is 1.81. The lowest BCUT2D eigenvalue weighted by Crippen LogP contribution is -2.28. The average Bonchev–Trinajstić information content (AvgIpc) is 2.18. The normalized spacial score (nSPS) is 12.7. The maximum Gasteiger partial charge on any atom is 0.407 e. The van der Waals surface area contributed by atoms with Crippen molar-refractivity contribution >= 4 is 0 Å². The van der Waals surface area contributed by atoms with Crippen LogP contribution in [0.5, 0.6) is 0 Å². The summed E-state index contributed by atoms with van der Waals surface area (Å²) < 4.78 is 36.3. The average molecular weight is 234 g/mol. The fourth-order valence-electron chi connectivity index (χ4n) is 0.963. The molecule has 0 amide bonds. The molecule has 0 radical (unpaired) electrons. The zero-order valence-corrected chi connectivity index (χ0v) is 9.60. The Balaban J connectivity index is 0.000000673. The van der Waals surface area contributed by atoms with Gasteiger partial charge in [-0.1, -0.05) is 29.8 Å². The Morgan fingerprint density at radius 3 is 1.81 bits per heavy atom. The molecule has 0 bridgehead atoms. The largest absolute Gasteiger partial charge is 0.407 e. The van der Waals surface area contributed by atoms with Gasteiger partial charge >= 0.3 is 6.18 Å². The van der Waals surface area contributed by atoms with Crippen molar-refractivity contribution in [3.05, 3.63) is 35.4 Å². The van der Waals surface area contributed by atoms with Gasteiger partial charge in [-0.05, 0) is 26.6 Å². The number of nitrogens with two attached hydrogens (primary N) is 1. The number of nitrogens with one attached hydrogen (secondary N) is 1. The molecular formula is C11H17F3N2. The van der Waals surface area contributed by atoms with E-state index >= 15 is 0 Å². The minimum Gasteiger partial charge on any atom is -0.323 e. The molecule has 1 rings (SSSR count). The predicted octanol–water partition coefficient (Wildman–Crippen LogP) is 2.39. The van der Waals surface area contributed by atoms with Crippen LogP contribution in [-0.2, 0) is 0 Å². The molecule has 0 saturated carbocycles. The molecule has 0 aliphatic heterocycles. The van der Waals surface area contributed by atoms with Crippen molar-refractivity contribution < 1.29 is 13.2 Å². The van der Waals surface area contributed by atoms with E-state index in [-0.39, 0.29) is 5.56 Å². The first kappa shape index (κ1) is 14.9. The lowest BCUT2D eigenvalue weighted by molar-refractivity contribution is -0.149. The van der Waals surface area contributed by atoms with Crippen molar-refractivity contribution in [2.24, 2.45) is 5.73 Å². The number of halogens is 3. The standard InChI is InChI=1S/C9H10F3N.C2H7N/c1-6-2-4-7(5-3-6)8(13)9(10,11)12;1-3-2/h2-5,8H,13H2,1H3;3H,1-2H3. The summed E-state index contributed by atoms with van der Waals surface area (Å²) in [5.74, 6) is 0. The quantitative estimate of drug-likeness (QED) is 0.783. The van der Waals surface area contributed by atoms with Crippen LogP contribution in [0.25, 0.3) is 0 Å². The van der Waals surface area contributed by atoms with Crippen molar-refractivity contribution in [2.75, 3.05) is 14.1 Å². The molecule has 0 heterocycles. The molecule has 1 unspecified atom stereocenters. The van der Waals surface area contributed by atoms with E-state index in [9.17, 15) is 13.2 Å². The van der Waals surface area contributed by atoms with E-state index in [0.717, 1.165) is 5.56 Å². The van der Waals surface area contributed by atoms with Gasteiger partial charge in [0.15, 0.2) is 0 Å². The van der Waals surface area contributed by atoms with Crippen LogP contribution >= 0.6 is 0 Å². The summed E-state index contributed by atoms with van der Waals surface area (Å²) >= 11 is 0. The highest BCUT2D eigenvalue weighted by molar-refractivity contribution is 5.24. The summed E-state index contributed by atoms with van der Waals surface area (Å²) in [6.07, 6.45) is -4.37. The number of hydrogen-bond acceptors (Lipinski definition) is 2. The van der Waals surface area contributed by atoms with Gasteiger partial charge in [-0.25, -0.2) is 0 Å². The fourth-order valence-corrected chi connectivity index (χ4v) is 0.963.